The summed E-state index contributed by atoms with van der Waals surface area (Å²) in [5, 5.41) is 17.7. The minimum Gasteiger partial charge on any atom is -0.481 e. The second-order valence-corrected chi connectivity index (χ2v) is 5.93. The first-order valence-corrected chi connectivity index (χ1v) is 7.65. The number of carbonyl (C=O) groups is 1. The molecule has 7 heteroatoms. The van der Waals surface area contributed by atoms with Gasteiger partial charge in [0.1, 0.15) is 11.6 Å². The Labute approximate surface area is 125 Å². The second kappa shape index (κ2) is 5.85. The van der Waals surface area contributed by atoms with Crippen molar-refractivity contribution in [2.45, 2.75) is 30.5 Å². The van der Waals surface area contributed by atoms with Gasteiger partial charge in [-0.05, 0) is 30.5 Å². The van der Waals surface area contributed by atoms with Crippen molar-refractivity contribution in [1.29, 1.82) is 0 Å². The molecule has 2 aromatic rings. The minimum absolute atomic E-state index is 0.0264. The lowest BCUT2D eigenvalue weighted by atomic mass is 10.1. The topological polar surface area (TPSA) is 68.0 Å². The molecular formula is C14H14FN3O2S. The molecule has 3 rings (SSSR count). The number of carboxylic acid groups (broad SMARTS) is 1. The number of hydrogen-bond acceptors (Lipinski definition) is 4. The van der Waals surface area contributed by atoms with Crippen LogP contribution in [0.5, 0.6) is 0 Å². The molecule has 1 aromatic carbocycles. The summed E-state index contributed by atoms with van der Waals surface area (Å²) in [6.07, 6.45) is 2.70. The van der Waals surface area contributed by atoms with E-state index in [9.17, 15) is 9.18 Å². The van der Waals surface area contributed by atoms with Crippen molar-refractivity contribution in [2.75, 3.05) is 5.75 Å². The van der Waals surface area contributed by atoms with Crippen molar-refractivity contribution in [3.8, 4) is 0 Å². The van der Waals surface area contributed by atoms with E-state index in [1.165, 1.54) is 23.9 Å². The molecular weight excluding hydrogens is 293 g/mol. The fourth-order valence-electron chi connectivity index (χ4n) is 2.14. The van der Waals surface area contributed by atoms with E-state index in [0.29, 0.717) is 17.6 Å². The predicted molar refractivity (Wildman–Crippen MR) is 75.9 cm³/mol. The average Bonchev–Trinajstić information content (AvgIpc) is 3.21. The van der Waals surface area contributed by atoms with Crippen LogP contribution in [-0.2, 0) is 11.2 Å². The number of halogens is 1. The van der Waals surface area contributed by atoms with E-state index in [2.05, 4.69) is 10.2 Å². The highest BCUT2D eigenvalue weighted by molar-refractivity contribution is 7.99. The van der Waals surface area contributed by atoms with Gasteiger partial charge in [0, 0.05) is 12.5 Å². The van der Waals surface area contributed by atoms with E-state index in [1.807, 2.05) is 4.57 Å². The van der Waals surface area contributed by atoms with Gasteiger partial charge in [-0.2, -0.15) is 0 Å². The Morgan fingerprint density at radius 2 is 2.05 bits per heavy atom. The first-order chi connectivity index (χ1) is 10.1. The van der Waals surface area contributed by atoms with Crippen LogP contribution in [0.15, 0.2) is 29.4 Å². The Kier molecular flexibility index (Phi) is 3.92. The van der Waals surface area contributed by atoms with Gasteiger partial charge in [-0.25, -0.2) is 4.39 Å². The second-order valence-electron chi connectivity index (χ2n) is 4.99. The molecule has 0 atom stereocenters. The first kappa shape index (κ1) is 14.1. The quantitative estimate of drug-likeness (QED) is 0.831. The summed E-state index contributed by atoms with van der Waals surface area (Å²) in [5.41, 5.74) is 0.959. The number of aliphatic carboxylic acids is 1. The van der Waals surface area contributed by atoms with E-state index in [0.717, 1.165) is 24.2 Å². The number of nitrogens with zero attached hydrogens (tertiary/aromatic N) is 3. The molecule has 1 aliphatic rings. The third-order valence-corrected chi connectivity index (χ3v) is 4.18. The fraction of sp³-hybridized carbons (Fsp3) is 0.357. The summed E-state index contributed by atoms with van der Waals surface area (Å²) >= 11 is 1.19. The van der Waals surface area contributed by atoms with Gasteiger partial charge in [0.05, 0.1) is 5.75 Å². The number of benzene rings is 1. The Morgan fingerprint density at radius 3 is 2.67 bits per heavy atom. The molecule has 1 heterocycles. The molecule has 21 heavy (non-hydrogen) atoms. The monoisotopic (exact) mass is 307 g/mol. The van der Waals surface area contributed by atoms with E-state index in [1.54, 1.807) is 12.1 Å². The summed E-state index contributed by atoms with van der Waals surface area (Å²) in [4.78, 5) is 10.7. The number of carboxylic acids is 1. The van der Waals surface area contributed by atoms with Crippen molar-refractivity contribution in [3.63, 3.8) is 0 Å². The summed E-state index contributed by atoms with van der Waals surface area (Å²) in [6, 6.07) is 6.67. The van der Waals surface area contributed by atoms with Gasteiger partial charge >= 0.3 is 5.97 Å². The molecule has 0 spiro atoms. The van der Waals surface area contributed by atoms with Crippen LogP contribution in [0.1, 0.15) is 30.3 Å². The fourth-order valence-corrected chi connectivity index (χ4v) is 2.88. The van der Waals surface area contributed by atoms with E-state index in [-0.39, 0.29) is 11.6 Å². The van der Waals surface area contributed by atoms with Crippen molar-refractivity contribution in [1.82, 2.24) is 14.8 Å². The normalized spacial score (nSPS) is 14.3. The van der Waals surface area contributed by atoms with Crippen molar-refractivity contribution >= 4 is 17.7 Å². The van der Waals surface area contributed by atoms with Crippen LogP contribution in [0.25, 0.3) is 0 Å². The van der Waals surface area contributed by atoms with Crippen LogP contribution in [0, 0.1) is 5.82 Å². The maximum absolute atomic E-state index is 12.9. The molecule has 5 nitrogen and oxygen atoms in total. The van der Waals surface area contributed by atoms with Crippen molar-refractivity contribution in [3.05, 3.63) is 41.5 Å². The van der Waals surface area contributed by atoms with Crippen molar-refractivity contribution < 1.29 is 14.3 Å². The summed E-state index contributed by atoms with van der Waals surface area (Å²) in [6.45, 7) is 0. The van der Waals surface area contributed by atoms with Crippen LogP contribution >= 0.6 is 11.8 Å². The molecule has 0 unspecified atom stereocenters. The Bertz CT molecular complexity index is 653. The maximum Gasteiger partial charge on any atom is 0.313 e. The van der Waals surface area contributed by atoms with Crippen LogP contribution in [0.4, 0.5) is 4.39 Å². The SMILES string of the molecule is O=C(O)CSc1nnc(Cc2ccc(F)cc2)n1C1CC1. The Morgan fingerprint density at radius 1 is 1.33 bits per heavy atom. The third kappa shape index (κ3) is 3.41. The Hall–Kier alpha value is -1.89. The molecule has 1 aromatic heterocycles. The van der Waals surface area contributed by atoms with Crippen LogP contribution in [0.2, 0.25) is 0 Å². The predicted octanol–water partition coefficient (Wildman–Crippen LogP) is 2.52. The molecule has 1 fully saturated rings. The van der Waals surface area contributed by atoms with Crippen LogP contribution < -0.4 is 0 Å². The zero-order valence-corrected chi connectivity index (χ0v) is 12.0. The van der Waals surface area contributed by atoms with E-state index < -0.39 is 5.97 Å². The van der Waals surface area contributed by atoms with Gasteiger partial charge in [-0.1, -0.05) is 23.9 Å². The molecule has 0 radical (unpaired) electrons. The molecule has 1 N–H and O–H groups in total. The largest absolute Gasteiger partial charge is 0.481 e. The molecule has 110 valence electrons. The van der Waals surface area contributed by atoms with Gasteiger partial charge in [0.25, 0.3) is 0 Å². The van der Waals surface area contributed by atoms with Crippen LogP contribution in [-0.4, -0.2) is 31.6 Å². The standard InChI is InChI=1S/C14H14FN3O2S/c15-10-3-1-9(2-4-10)7-12-16-17-14(21-8-13(19)20)18(12)11-5-6-11/h1-4,11H,5-8H2,(H,19,20). The lowest BCUT2D eigenvalue weighted by Gasteiger charge is -2.08. The average molecular weight is 307 g/mol. The molecule has 1 saturated carbocycles. The molecule has 0 aliphatic heterocycles. The van der Waals surface area contributed by atoms with Gasteiger partial charge in [0.15, 0.2) is 5.16 Å². The van der Waals surface area contributed by atoms with E-state index >= 15 is 0 Å². The van der Waals surface area contributed by atoms with Gasteiger partial charge < -0.3 is 9.67 Å². The maximum atomic E-state index is 12.9. The number of aromatic nitrogens is 3. The van der Waals surface area contributed by atoms with Crippen molar-refractivity contribution in [2.24, 2.45) is 0 Å². The summed E-state index contributed by atoms with van der Waals surface area (Å²) < 4.78 is 15.0. The highest BCUT2D eigenvalue weighted by Gasteiger charge is 2.29. The Balaban J connectivity index is 1.81. The van der Waals surface area contributed by atoms with Gasteiger partial charge in [-0.3, -0.25) is 4.79 Å². The van der Waals surface area contributed by atoms with Crippen LogP contribution in [0.3, 0.4) is 0 Å². The smallest absolute Gasteiger partial charge is 0.313 e. The molecule has 0 bridgehead atoms. The number of hydrogen-bond donors (Lipinski definition) is 1. The highest BCUT2D eigenvalue weighted by atomic mass is 32.2. The summed E-state index contributed by atoms with van der Waals surface area (Å²) in [7, 11) is 0. The first-order valence-electron chi connectivity index (χ1n) is 6.66. The summed E-state index contributed by atoms with van der Waals surface area (Å²) in [5.74, 6) is -0.357. The molecule has 0 saturated heterocycles. The lowest BCUT2D eigenvalue weighted by Crippen LogP contribution is -2.06. The van der Waals surface area contributed by atoms with Gasteiger partial charge in [0.2, 0.25) is 0 Å². The highest BCUT2D eigenvalue weighted by Crippen LogP contribution is 2.39. The zero-order valence-electron chi connectivity index (χ0n) is 11.2. The number of thioether (sulfide) groups is 1. The molecule has 0 amide bonds. The zero-order chi connectivity index (χ0) is 14.8. The van der Waals surface area contributed by atoms with E-state index in [4.69, 9.17) is 5.11 Å². The third-order valence-electron chi connectivity index (χ3n) is 3.25. The molecule has 1 aliphatic carbocycles. The van der Waals surface area contributed by atoms with Gasteiger partial charge in [-0.15, -0.1) is 10.2 Å². The number of rotatable bonds is 6. The lowest BCUT2D eigenvalue weighted by molar-refractivity contribution is -0.133. The minimum atomic E-state index is -0.870.